The number of aromatic nitrogens is 1. The van der Waals surface area contributed by atoms with E-state index in [1.54, 1.807) is 19.1 Å². The van der Waals surface area contributed by atoms with Crippen LogP contribution in [0.3, 0.4) is 0 Å². The van der Waals surface area contributed by atoms with E-state index in [4.69, 9.17) is 5.73 Å². The molecule has 1 rings (SSSR count). The lowest BCUT2D eigenvalue weighted by molar-refractivity contribution is 0.0517. The summed E-state index contributed by atoms with van der Waals surface area (Å²) in [6.45, 7) is 3.69. The lowest BCUT2D eigenvalue weighted by Crippen LogP contribution is -2.40. The molecule has 16 heavy (non-hydrogen) atoms. The van der Waals surface area contributed by atoms with Gasteiger partial charge in [0.25, 0.3) is 5.91 Å². The fourth-order valence-corrected chi connectivity index (χ4v) is 1.09. The molecule has 0 saturated carbocycles. The molecule has 0 aliphatic heterocycles. The molecule has 0 aliphatic rings. The molecule has 5 nitrogen and oxygen atoms in total. The van der Waals surface area contributed by atoms with E-state index in [1.807, 2.05) is 6.92 Å². The Morgan fingerprint density at radius 3 is 2.94 bits per heavy atom. The van der Waals surface area contributed by atoms with Crippen molar-refractivity contribution in [1.82, 2.24) is 10.3 Å². The Bertz CT molecular complexity index is 377. The molecule has 1 amide bonds. The molecule has 0 saturated heterocycles. The molecule has 88 valence electrons. The molecule has 0 aromatic carbocycles. The Hall–Kier alpha value is -1.62. The first-order valence-electron chi connectivity index (χ1n) is 5.17. The fourth-order valence-electron chi connectivity index (χ4n) is 1.09. The minimum atomic E-state index is -0.904. The SMILES string of the molecule is CCC(C)(O)CNC(=O)c1ncccc1N. The molecule has 0 aliphatic carbocycles. The van der Waals surface area contributed by atoms with Crippen LogP contribution in [0.1, 0.15) is 30.8 Å². The zero-order valence-electron chi connectivity index (χ0n) is 9.53. The number of hydrogen-bond acceptors (Lipinski definition) is 4. The van der Waals surface area contributed by atoms with Crippen molar-refractivity contribution in [2.75, 3.05) is 12.3 Å². The number of carbonyl (C=O) groups excluding carboxylic acids is 1. The molecular weight excluding hydrogens is 206 g/mol. The number of nitrogens with zero attached hydrogens (tertiary/aromatic N) is 1. The van der Waals surface area contributed by atoms with Crippen molar-refractivity contribution >= 4 is 11.6 Å². The second-order valence-corrected chi connectivity index (χ2v) is 3.97. The van der Waals surface area contributed by atoms with Gasteiger partial charge in [-0.3, -0.25) is 4.79 Å². The summed E-state index contributed by atoms with van der Waals surface area (Å²) in [7, 11) is 0. The van der Waals surface area contributed by atoms with E-state index in [-0.39, 0.29) is 18.1 Å². The minimum Gasteiger partial charge on any atom is -0.397 e. The lowest BCUT2D eigenvalue weighted by atomic mass is 10.0. The highest BCUT2D eigenvalue weighted by Gasteiger charge is 2.19. The van der Waals surface area contributed by atoms with E-state index in [0.29, 0.717) is 12.1 Å². The summed E-state index contributed by atoms with van der Waals surface area (Å²) < 4.78 is 0. The van der Waals surface area contributed by atoms with Gasteiger partial charge < -0.3 is 16.2 Å². The van der Waals surface area contributed by atoms with Gasteiger partial charge in [0.05, 0.1) is 11.3 Å². The Balaban J connectivity index is 2.64. The zero-order valence-corrected chi connectivity index (χ0v) is 9.53. The Labute approximate surface area is 94.7 Å². The van der Waals surface area contributed by atoms with Crippen LogP contribution in [-0.2, 0) is 0 Å². The number of pyridine rings is 1. The average Bonchev–Trinajstić information content (AvgIpc) is 2.27. The van der Waals surface area contributed by atoms with E-state index in [1.165, 1.54) is 6.20 Å². The van der Waals surface area contributed by atoms with Crippen molar-refractivity contribution < 1.29 is 9.90 Å². The number of anilines is 1. The number of nitrogens with one attached hydrogen (secondary N) is 1. The summed E-state index contributed by atoms with van der Waals surface area (Å²) >= 11 is 0. The molecule has 1 atom stereocenters. The van der Waals surface area contributed by atoms with Gasteiger partial charge in [0, 0.05) is 12.7 Å². The summed E-state index contributed by atoms with van der Waals surface area (Å²) in [6, 6.07) is 3.27. The number of hydrogen-bond donors (Lipinski definition) is 3. The summed E-state index contributed by atoms with van der Waals surface area (Å²) in [6.07, 6.45) is 2.06. The van der Waals surface area contributed by atoms with Gasteiger partial charge in [0.15, 0.2) is 5.69 Å². The molecule has 5 heteroatoms. The van der Waals surface area contributed by atoms with Gasteiger partial charge in [-0.25, -0.2) is 4.98 Å². The van der Waals surface area contributed by atoms with Gasteiger partial charge in [-0.05, 0) is 25.5 Å². The van der Waals surface area contributed by atoms with Crippen LogP contribution in [-0.4, -0.2) is 28.1 Å². The van der Waals surface area contributed by atoms with Crippen molar-refractivity contribution in [3.63, 3.8) is 0 Å². The normalized spacial score (nSPS) is 14.2. The van der Waals surface area contributed by atoms with Crippen LogP contribution in [0.15, 0.2) is 18.3 Å². The molecule has 1 heterocycles. The largest absolute Gasteiger partial charge is 0.397 e. The van der Waals surface area contributed by atoms with Gasteiger partial charge in [-0.2, -0.15) is 0 Å². The third-order valence-electron chi connectivity index (χ3n) is 2.45. The number of nitrogen functional groups attached to an aromatic ring is 1. The van der Waals surface area contributed by atoms with E-state index in [9.17, 15) is 9.90 Å². The molecule has 0 radical (unpaired) electrons. The molecule has 0 bridgehead atoms. The first kappa shape index (κ1) is 12.4. The van der Waals surface area contributed by atoms with E-state index in [0.717, 1.165) is 0 Å². The summed E-state index contributed by atoms with van der Waals surface area (Å²) in [5.41, 5.74) is 5.22. The van der Waals surface area contributed by atoms with Crippen molar-refractivity contribution in [1.29, 1.82) is 0 Å². The van der Waals surface area contributed by atoms with Crippen LogP contribution < -0.4 is 11.1 Å². The minimum absolute atomic E-state index is 0.179. The molecule has 0 spiro atoms. The van der Waals surface area contributed by atoms with Gasteiger partial charge in [0.1, 0.15) is 0 Å². The smallest absolute Gasteiger partial charge is 0.272 e. The molecule has 1 unspecified atom stereocenters. The third kappa shape index (κ3) is 3.20. The van der Waals surface area contributed by atoms with Crippen LogP contribution in [0.5, 0.6) is 0 Å². The molecular formula is C11H17N3O2. The first-order chi connectivity index (χ1) is 7.46. The number of rotatable bonds is 4. The number of amides is 1. The van der Waals surface area contributed by atoms with Crippen LogP contribution in [0, 0.1) is 0 Å². The highest BCUT2D eigenvalue weighted by atomic mass is 16.3. The highest BCUT2D eigenvalue weighted by Crippen LogP contribution is 2.09. The van der Waals surface area contributed by atoms with Crippen molar-refractivity contribution in [3.8, 4) is 0 Å². The monoisotopic (exact) mass is 223 g/mol. The fraction of sp³-hybridized carbons (Fsp3) is 0.455. The second-order valence-electron chi connectivity index (χ2n) is 3.97. The summed E-state index contributed by atoms with van der Waals surface area (Å²) in [5, 5.41) is 12.3. The maximum atomic E-state index is 11.7. The highest BCUT2D eigenvalue weighted by molar-refractivity contribution is 5.96. The zero-order chi connectivity index (χ0) is 12.2. The first-order valence-corrected chi connectivity index (χ1v) is 5.17. The number of nitrogens with two attached hydrogens (primary N) is 1. The van der Waals surface area contributed by atoms with E-state index < -0.39 is 5.60 Å². The maximum Gasteiger partial charge on any atom is 0.272 e. The van der Waals surface area contributed by atoms with Gasteiger partial charge in [0.2, 0.25) is 0 Å². The number of aliphatic hydroxyl groups is 1. The van der Waals surface area contributed by atoms with Crippen LogP contribution in [0.2, 0.25) is 0 Å². The van der Waals surface area contributed by atoms with Crippen molar-refractivity contribution in [3.05, 3.63) is 24.0 Å². The average molecular weight is 223 g/mol. The Kier molecular flexibility index (Phi) is 3.84. The van der Waals surface area contributed by atoms with Gasteiger partial charge in [-0.1, -0.05) is 6.92 Å². The van der Waals surface area contributed by atoms with Crippen molar-refractivity contribution in [2.24, 2.45) is 0 Å². The second kappa shape index (κ2) is 4.94. The summed E-state index contributed by atoms with van der Waals surface area (Å²) in [5.74, 6) is -0.369. The molecule has 1 aromatic heterocycles. The maximum absolute atomic E-state index is 11.7. The van der Waals surface area contributed by atoms with E-state index >= 15 is 0 Å². The molecule has 0 fully saturated rings. The standard InChI is InChI=1S/C11H17N3O2/c1-3-11(2,16)7-14-10(15)9-8(12)5-4-6-13-9/h4-6,16H,3,7,12H2,1-2H3,(H,14,15). The van der Waals surface area contributed by atoms with Crippen molar-refractivity contribution in [2.45, 2.75) is 25.9 Å². The third-order valence-corrected chi connectivity index (χ3v) is 2.45. The topological polar surface area (TPSA) is 88.2 Å². The lowest BCUT2D eigenvalue weighted by Gasteiger charge is -2.21. The predicted molar refractivity (Wildman–Crippen MR) is 61.9 cm³/mol. The van der Waals surface area contributed by atoms with Crippen LogP contribution in [0.4, 0.5) is 5.69 Å². The Morgan fingerprint density at radius 2 is 2.38 bits per heavy atom. The molecule has 1 aromatic rings. The van der Waals surface area contributed by atoms with Crippen LogP contribution in [0.25, 0.3) is 0 Å². The Morgan fingerprint density at radius 1 is 1.69 bits per heavy atom. The van der Waals surface area contributed by atoms with Gasteiger partial charge >= 0.3 is 0 Å². The van der Waals surface area contributed by atoms with Crippen LogP contribution >= 0.6 is 0 Å². The van der Waals surface area contributed by atoms with E-state index in [2.05, 4.69) is 10.3 Å². The molecule has 4 N–H and O–H groups in total. The predicted octanol–water partition coefficient (Wildman–Crippen LogP) is 0.555. The quantitative estimate of drug-likeness (QED) is 0.695. The number of carbonyl (C=O) groups is 1. The van der Waals surface area contributed by atoms with Gasteiger partial charge in [-0.15, -0.1) is 0 Å². The summed E-state index contributed by atoms with van der Waals surface area (Å²) in [4.78, 5) is 15.5.